The molecule has 6 nitrogen and oxygen atoms in total. The first kappa shape index (κ1) is 21.6. The van der Waals surface area contributed by atoms with E-state index in [0.717, 1.165) is 18.2 Å². The molecule has 158 valence electrons. The maximum absolute atomic E-state index is 12.7. The molecule has 0 radical (unpaired) electrons. The van der Waals surface area contributed by atoms with Crippen LogP contribution in [0.25, 0.3) is 0 Å². The Morgan fingerprint density at radius 1 is 1.17 bits per heavy atom. The summed E-state index contributed by atoms with van der Waals surface area (Å²) in [6, 6.07) is 10.7. The first-order valence-corrected chi connectivity index (χ1v) is 9.21. The minimum atomic E-state index is -4.54. The molecule has 2 aromatic carbocycles. The Morgan fingerprint density at radius 2 is 1.90 bits per heavy atom. The molecule has 0 saturated carbocycles. The van der Waals surface area contributed by atoms with E-state index in [1.54, 1.807) is 24.3 Å². The summed E-state index contributed by atoms with van der Waals surface area (Å²) >= 11 is 5.92. The predicted octanol–water partition coefficient (Wildman–Crippen LogP) is 3.89. The van der Waals surface area contributed by atoms with Crippen LogP contribution in [0.1, 0.15) is 12.0 Å². The number of amides is 2. The normalized spacial score (nSPS) is 16.5. The predicted molar refractivity (Wildman–Crippen MR) is 103 cm³/mol. The number of halogens is 4. The Morgan fingerprint density at radius 3 is 2.60 bits per heavy atom. The van der Waals surface area contributed by atoms with Crippen molar-refractivity contribution in [3.8, 4) is 0 Å². The van der Waals surface area contributed by atoms with Gasteiger partial charge < -0.3 is 15.0 Å². The summed E-state index contributed by atoms with van der Waals surface area (Å²) in [4.78, 5) is 37.7. The number of nitrogens with one attached hydrogen (secondary N) is 1. The molecule has 3 rings (SSSR count). The van der Waals surface area contributed by atoms with Crippen LogP contribution in [0.15, 0.2) is 48.5 Å². The molecule has 1 saturated heterocycles. The molecule has 1 heterocycles. The molecule has 2 aromatic rings. The van der Waals surface area contributed by atoms with Crippen LogP contribution in [0.5, 0.6) is 0 Å². The molecule has 1 fully saturated rings. The number of hydrogen-bond acceptors (Lipinski definition) is 4. The highest BCUT2D eigenvalue weighted by Gasteiger charge is 2.36. The monoisotopic (exact) mass is 440 g/mol. The van der Waals surface area contributed by atoms with Gasteiger partial charge in [-0.15, -0.1) is 0 Å². The second-order valence-electron chi connectivity index (χ2n) is 6.62. The highest BCUT2D eigenvalue weighted by molar-refractivity contribution is 6.31. The summed E-state index contributed by atoms with van der Waals surface area (Å²) in [5.41, 5.74) is -0.443. The third-order valence-corrected chi connectivity index (χ3v) is 4.63. The van der Waals surface area contributed by atoms with Crippen molar-refractivity contribution >= 4 is 40.8 Å². The number of benzene rings is 2. The summed E-state index contributed by atoms with van der Waals surface area (Å²) in [7, 11) is 0. The lowest BCUT2D eigenvalue weighted by Crippen LogP contribution is -2.28. The van der Waals surface area contributed by atoms with E-state index in [9.17, 15) is 27.6 Å². The van der Waals surface area contributed by atoms with Gasteiger partial charge in [0.15, 0.2) is 6.61 Å². The molecule has 1 aliphatic heterocycles. The lowest BCUT2D eigenvalue weighted by Gasteiger charge is -2.16. The van der Waals surface area contributed by atoms with Crippen molar-refractivity contribution < 1.29 is 32.3 Å². The van der Waals surface area contributed by atoms with Crippen molar-refractivity contribution in [2.75, 3.05) is 23.4 Å². The van der Waals surface area contributed by atoms with Gasteiger partial charge in [0, 0.05) is 29.4 Å². The van der Waals surface area contributed by atoms with Gasteiger partial charge in [-0.3, -0.25) is 14.4 Å². The molecule has 0 bridgehead atoms. The SMILES string of the molecule is O=C(COC(=O)[C@@H]1CC(=O)N(c2cccc(Cl)c2)C1)Nc1cccc(C(F)(F)F)c1. The number of esters is 1. The second-order valence-corrected chi connectivity index (χ2v) is 7.06. The second kappa shape index (κ2) is 8.74. The third kappa shape index (κ3) is 5.29. The number of carbonyl (C=O) groups excluding carboxylic acids is 3. The van der Waals surface area contributed by atoms with Gasteiger partial charge >= 0.3 is 12.1 Å². The van der Waals surface area contributed by atoms with Gasteiger partial charge in [0.05, 0.1) is 11.5 Å². The van der Waals surface area contributed by atoms with E-state index in [0.29, 0.717) is 10.7 Å². The van der Waals surface area contributed by atoms with Gasteiger partial charge in [-0.25, -0.2) is 0 Å². The quantitative estimate of drug-likeness (QED) is 0.716. The smallest absolute Gasteiger partial charge is 0.416 e. The molecule has 30 heavy (non-hydrogen) atoms. The van der Waals surface area contributed by atoms with E-state index in [4.69, 9.17) is 16.3 Å². The lowest BCUT2D eigenvalue weighted by atomic mass is 10.1. The average Bonchev–Trinajstić information content (AvgIpc) is 3.07. The molecule has 1 aliphatic rings. The summed E-state index contributed by atoms with van der Waals surface area (Å²) < 4.78 is 43.1. The van der Waals surface area contributed by atoms with Gasteiger partial charge in [0.25, 0.3) is 5.91 Å². The molecule has 0 aromatic heterocycles. The van der Waals surface area contributed by atoms with E-state index in [-0.39, 0.29) is 24.6 Å². The van der Waals surface area contributed by atoms with Crippen LogP contribution >= 0.6 is 11.6 Å². The van der Waals surface area contributed by atoms with Crippen molar-refractivity contribution in [2.24, 2.45) is 5.92 Å². The highest BCUT2D eigenvalue weighted by Crippen LogP contribution is 2.31. The summed E-state index contributed by atoms with van der Waals surface area (Å²) in [5.74, 6) is -2.59. The summed E-state index contributed by atoms with van der Waals surface area (Å²) in [6.07, 6.45) is -4.63. The standard InChI is InChI=1S/C20H16ClF3N2O4/c21-14-4-2-6-16(9-14)26-10-12(7-18(26)28)19(29)30-11-17(27)25-15-5-1-3-13(8-15)20(22,23)24/h1-6,8-9,12H,7,10-11H2,(H,25,27)/t12-/m1/s1. The topological polar surface area (TPSA) is 75.7 Å². The molecule has 0 aliphatic carbocycles. The molecular formula is C20H16ClF3N2O4. The molecular weight excluding hydrogens is 425 g/mol. The minimum absolute atomic E-state index is 0.0750. The minimum Gasteiger partial charge on any atom is -0.455 e. The fraction of sp³-hybridized carbons (Fsp3) is 0.250. The maximum atomic E-state index is 12.7. The van der Waals surface area contributed by atoms with Crippen LogP contribution in [0, 0.1) is 5.92 Å². The molecule has 1 N–H and O–H groups in total. The van der Waals surface area contributed by atoms with Crippen molar-refractivity contribution in [1.82, 2.24) is 0 Å². The average molecular weight is 441 g/mol. The van der Waals surface area contributed by atoms with Crippen LogP contribution < -0.4 is 10.2 Å². The molecule has 1 atom stereocenters. The first-order chi connectivity index (χ1) is 14.1. The summed E-state index contributed by atoms with van der Waals surface area (Å²) in [5, 5.41) is 2.68. The number of carbonyl (C=O) groups is 3. The Labute approximate surface area is 174 Å². The van der Waals surface area contributed by atoms with Crippen LogP contribution in [0.3, 0.4) is 0 Å². The number of ether oxygens (including phenoxy) is 1. The zero-order chi connectivity index (χ0) is 21.9. The van der Waals surface area contributed by atoms with Gasteiger partial charge in [-0.2, -0.15) is 13.2 Å². The highest BCUT2D eigenvalue weighted by atomic mass is 35.5. The Kier molecular flexibility index (Phi) is 6.31. The van der Waals surface area contributed by atoms with E-state index in [1.807, 2.05) is 0 Å². The van der Waals surface area contributed by atoms with Crippen LogP contribution in [0.4, 0.5) is 24.5 Å². The van der Waals surface area contributed by atoms with Gasteiger partial charge in [-0.05, 0) is 36.4 Å². The number of alkyl halides is 3. The van der Waals surface area contributed by atoms with E-state index in [1.165, 1.54) is 11.0 Å². The molecule has 10 heteroatoms. The lowest BCUT2D eigenvalue weighted by molar-refractivity contribution is -0.151. The fourth-order valence-electron chi connectivity index (χ4n) is 2.98. The van der Waals surface area contributed by atoms with Crippen molar-refractivity contribution in [2.45, 2.75) is 12.6 Å². The van der Waals surface area contributed by atoms with Crippen LogP contribution in [-0.4, -0.2) is 30.9 Å². The Balaban J connectivity index is 1.53. The zero-order valence-electron chi connectivity index (χ0n) is 15.4. The number of rotatable bonds is 5. The van der Waals surface area contributed by atoms with Crippen molar-refractivity contribution in [1.29, 1.82) is 0 Å². The fourth-order valence-corrected chi connectivity index (χ4v) is 3.17. The third-order valence-electron chi connectivity index (χ3n) is 4.40. The van der Waals surface area contributed by atoms with Crippen molar-refractivity contribution in [3.63, 3.8) is 0 Å². The largest absolute Gasteiger partial charge is 0.455 e. The molecule has 0 spiro atoms. The van der Waals surface area contributed by atoms with Gasteiger partial charge in [0.2, 0.25) is 5.91 Å². The summed E-state index contributed by atoms with van der Waals surface area (Å²) in [6.45, 7) is -0.607. The number of hydrogen-bond donors (Lipinski definition) is 1. The van der Waals surface area contributed by atoms with E-state index < -0.39 is 36.1 Å². The van der Waals surface area contributed by atoms with Crippen LogP contribution in [-0.2, 0) is 25.3 Å². The number of nitrogens with zero attached hydrogens (tertiary/aromatic N) is 1. The van der Waals surface area contributed by atoms with Gasteiger partial charge in [-0.1, -0.05) is 23.7 Å². The Hall–Kier alpha value is -3.07. The Bertz CT molecular complexity index is 981. The molecule has 0 unspecified atom stereocenters. The molecule has 2 amide bonds. The maximum Gasteiger partial charge on any atom is 0.416 e. The zero-order valence-corrected chi connectivity index (χ0v) is 16.2. The van der Waals surface area contributed by atoms with E-state index >= 15 is 0 Å². The van der Waals surface area contributed by atoms with Crippen molar-refractivity contribution in [3.05, 3.63) is 59.1 Å². The first-order valence-electron chi connectivity index (χ1n) is 8.83. The van der Waals surface area contributed by atoms with Gasteiger partial charge in [0.1, 0.15) is 0 Å². The number of anilines is 2. The van der Waals surface area contributed by atoms with Crippen LogP contribution in [0.2, 0.25) is 5.02 Å². The van der Waals surface area contributed by atoms with E-state index in [2.05, 4.69) is 5.32 Å².